The Labute approximate surface area is 143 Å². The van der Waals surface area contributed by atoms with Gasteiger partial charge in [-0.05, 0) is 31.7 Å². The fourth-order valence-corrected chi connectivity index (χ4v) is 3.92. The van der Waals surface area contributed by atoms with Gasteiger partial charge in [0, 0.05) is 32.1 Å². The van der Waals surface area contributed by atoms with Crippen LogP contribution in [-0.2, 0) is 9.59 Å². The van der Waals surface area contributed by atoms with E-state index in [1.165, 1.54) is 0 Å². The van der Waals surface area contributed by atoms with Gasteiger partial charge in [0.25, 0.3) is 0 Å². The highest BCUT2D eigenvalue weighted by Crippen LogP contribution is 2.30. The third-order valence-electron chi connectivity index (χ3n) is 5.29. The van der Waals surface area contributed by atoms with Crippen molar-refractivity contribution in [1.29, 1.82) is 0 Å². The third kappa shape index (κ3) is 3.46. The zero-order valence-corrected chi connectivity index (χ0v) is 14.2. The minimum Gasteiger partial charge on any atom is -0.388 e. The minimum absolute atomic E-state index is 0.0680. The molecule has 2 fully saturated rings. The fraction of sp³-hybridized carbons (Fsp3) is 0.579. The van der Waals surface area contributed by atoms with Gasteiger partial charge < -0.3 is 14.9 Å². The van der Waals surface area contributed by atoms with Crippen LogP contribution in [0.4, 0.5) is 0 Å². The molecule has 0 radical (unpaired) electrons. The Morgan fingerprint density at radius 1 is 1.33 bits per heavy atom. The predicted molar refractivity (Wildman–Crippen MR) is 91.1 cm³/mol. The number of carbonyl (C=O) groups is 2. The standard InChI is InChI=1S/C19H26N2O3/c1-2-20-13-15(11-18(20)23)19(24)21-10-6-9-16(21)12-17(22)14-7-4-3-5-8-14/h3-5,7-8,15-17,22H,2,6,9-13H2,1H3/t15-,16-,17+/m1/s1. The van der Waals surface area contributed by atoms with Crippen LogP contribution in [0.1, 0.15) is 44.3 Å². The Balaban J connectivity index is 1.63. The Morgan fingerprint density at radius 2 is 2.08 bits per heavy atom. The van der Waals surface area contributed by atoms with Crippen LogP contribution in [0, 0.1) is 5.92 Å². The van der Waals surface area contributed by atoms with E-state index in [2.05, 4.69) is 0 Å². The molecular weight excluding hydrogens is 304 g/mol. The van der Waals surface area contributed by atoms with Gasteiger partial charge in [-0.3, -0.25) is 9.59 Å². The number of likely N-dealkylation sites (tertiary alicyclic amines) is 2. The molecule has 3 atom stereocenters. The van der Waals surface area contributed by atoms with Crippen LogP contribution in [0.2, 0.25) is 0 Å². The number of benzene rings is 1. The van der Waals surface area contributed by atoms with E-state index in [-0.39, 0.29) is 23.8 Å². The number of carbonyl (C=O) groups excluding carboxylic acids is 2. The van der Waals surface area contributed by atoms with Crippen LogP contribution in [0.25, 0.3) is 0 Å². The molecule has 2 heterocycles. The van der Waals surface area contributed by atoms with E-state index in [1.54, 1.807) is 4.90 Å². The number of aliphatic hydroxyl groups is 1. The third-order valence-corrected chi connectivity index (χ3v) is 5.29. The van der Waals surface area contributed by atoms with Gasteiger partial charge in [-0.2, -0.15) is 0 Å². The first-order chi connectivity index (χ1) is 11.6. The van der Waals surface area contributed by atoms with E-state index in [0.29, 0.717) is 25.9 Å². The van der Waals surface area contributed by atoms with Gasteiger partial charge in [-0.25, -0.2) is 0 Å². The lowest BCUT2D eigenvalue weighted by Crippen LogP contribution is -2.41. The molecule has 5 nitrogen and oxygen atoms in total. The zero-order valence-electron chi connectivity index (χ0n) is 14.2. The van der Waals surface area contributed by atoms with E-state index in [0.717, 1.165) is 24.9 Å². The molecule has 24 heavy (non-hydrogen) atoms. The predicted octanol–water partition coefficient (Wildman–Crippen LogP) is 1.97. The largest absolute Gasteiger partial charge is 0.388 e. The topological polar surface area (TPSA) is 60.9 Å². The summed E-state index contributed by atoms with van der Waals surface area (Å²) < 4.78 is 0. The SMILES string of the molecule is CCN1C[C@H](C(=O)N2CCC[C@@H]2C[C@H](O)c2ccccc2)CC1=O. The van der Waals surface area contributed by atoms with E-state index in [4.69, 9.17) is 0 Å². The first-order valence-electron chi connectivity index (χ1n) is 8.91. The second-order valence-electron chi connectivity index (χ2n) is 6.82. The summed E-state index contributed by atoms with van der Waals surface area (Å²) in [6.07, 6.45) is 2.23. The molecule has 130 valence electrons. The molecular formula is C19H26N2O3. The molecule has 0 aliphatic carbocycles. The van der Waals surface area contributed by atoms with Crippen molar-refractivity contribution in [2.45, 2.75) is 44.8 Å². The van der Waals surface area contributed by atoms with Crippen LogP contribution in [-0.4, -0.2) is 52.4 Å². The van der Waals surface area contributed by atoms with Crippen LogP contribution in [0.3, 0.4) is 0 Å². The van der Waals surface area contributed by atoms with Crippen molar-refractivity contribution >= 4 is 11.8 Å². The maximum absolute atomic E-state index is 12.8. The summed E-state index contributed by atoms with van der Waals surface area (Å²) in [7, 11) is 0. The fourth-order valence-electron chi connectivity index (χ4n) is 3.92. The number of amides is 2. The van der Waals surface area contributed by atoms with E-state index in [1.807, 2.05) is 42.2 Å². The summed E-state index contributed by atoms with van der Waals surface area (Å²) in [5, 5.41) is 10.5. The summed E-state index contributed by atoms with van der Waals surface area (Å²) in [5.74, 6) is -0.0510. The summed E-state index contributed by atoms with van der Waals surface area (Å²) >= 11 is 0. The summed E-state index contributed by atoms with van der Waals surface area (Å²) in [5.41, 5.74) is 0.894. The minimum atomic E-state index is -0.554. The molecule has 2 aliphatic heterocycles. The van der Waals surface area contributed by atoms with Gasteiger partial charge in [0.1, 0.15) is 0 Å². The molecule has 2 saturated heterocycles. The molecule has 0 bridgehead atoms. The Morgan fingerprint density at radius 3 is 2.75 bits per heavy atom. The van der Waals surface area contributed by atoms with Gasteiger partial charge in [0.15, 0.2) is 0 Å². The molecule has 3 rings (SSSR count). The van der Waals surface area contributed by atoms with Crippen molar-refractivity contribution in [3.05, 3.63) is 35.9 Å². The van der Waals surface area contributed by atoms with Crippen LogP contribution in [0.15, 0.2) is 30.3 Å². The second kappa shape index (κ2) is 7.34. The smallest absolute Gasteiger partial charge is 0.228 e. The molecule has 1 aromatic carbocycles. The van der Waals surface area contributed by atoms with Crippen molar-refractivity contribution in [3.63, 3.8) is 0 Å². The Bertz CT molecular complexity index is 590. The van der Waals surface area contributed by atoms with Crippen molar-refractivity contribution < 1.29 is 14.7 Å². The maximum Gasteiger partial charge on any atom is 0.228 e. The van der Waals surface area contributed by atoms with Crippen LogP contribution in [0.5, 0.6) is 0 Å². The maximum atomic E-state index is 12.8. The summed E-state index contributed by atoms with van der Waals surface area (Å²) in [6, 6.07) is 9.66. The molecule has 0 unspecified atom stereocenters. The molecule has 1 N–H and O–H groups in total. The lowest BCUT2D eigenvalue weighted by Gasteiger charge is -2.29. The molecule has 0 saturated carbocycles. The van der Waals surface area contributed by atoms with Crippen molar-refractivity contribution in [2.24, 2.45) is 5.92 Å². The van der Waals surface area contributed by atoms with Gasteiger partial charge in [-0.15, -0.1) is 0 Å². The molecule has 0 spiro atoms. The highest BCUT2D eigenvalue weighted by atomic mass is 16.3. The molecule has 5 heteroatoms. The number of hydrogen-bond donors (Lipinski definition) is 1. The molecule has 1 aromatic rings. The average Bonchev–Trinajstić information content (AvgIpc) is 3.21. The molecule has 2 aliphatic rings. The number of hydrogen-bond acceptors (Lipinski definition) is 3. The Hall–Kier alpha value is -1.88. The van der Waals surface area contributed by atoms with Crippen molar-refractivity contribution in [1.82, 2.24) is 9.80 Å². The quantitative estimate of drug-likeness (QED) is 0.898. The Kier molecular flexibility index (Phi) is 5.19. The molecule has 2 amide bonds. The van der Waals surface area contributed by atoms with E-state index < -0.39 is 6.10 Å². The van der Waals surface area contributed by atoms with Gasteiger partial charge in [0.2, 0.25) is 11.8 Å². The van der Waals surface area contributed by atoms with Gasteiger partial charge >= 0.3 is 0 Å². The van der Waals surface area contributed by atoms with Crippen molar-refractivity contribution in [3.8, 4) is 0 Å². The monoisotopic (exact) mass is 330 g/mol. The highest BCUT2D eigenvalue weighted by molar-refractivity contribution is 5.89. The van der Waals surface area contributed by atoms with Crippen LogP contribution >= 0.6 is 0 Å². The van der Waals surface area contributed by atoms with Gasteiger partial charge in [0.05, 0.1) is 12.0 Å². The van der Waals surface area contributed by atoms with Crippen molar-refractivity contribution in [2.75, 3.05) is 19.6 Å². The number of aliphatic hydroxyl groups excluding tert-OH is 1. The first kappa shape index (κ1) is 17.0. The molecule has 0 aromatic heterocycles. The van der Waals surface area contributed by atoms with E-state index in [9.17, 15) is 14.7 Å². The lowest BCUT2D eigenvalue weighted by atomic mass is 9.99. The van der Waals surface area contributed by atoms with E-state index >= 15 is 0 Å². The number of nitrogens with zero attached hydrogens (tertiary/aromatic N) is 2. The average molecular weight is 330 g/mol. The van der Waals surface area contributed by atoms with Gasteiger partial charge in [-0.1, -0.05) is 30.3 Å². The highest BCUT2D eigenvalue weighted by Gasteiger charge is 2.39. The van der Waals surface area contributed by atoms with Crippen LogP contribution < -0.4 is 0 Å². The normalized spacial score (nSPS) is 25.3. The number of rotatable bonds is 5. The lowest BCUT2D eigenvalue weighted by molar-refractivity contribution is -0.137. The second-order valence-corrected chi connectivity index (χ2v) is 6.82. The zero-order chi connectivity index (χ0) is 17.1. The summed E-state index contributed by atoms with van der Waals surface area (Å²) in [4.78, 5) is 28.4. The first-order valence-corrected chi connectivity index (χ1v) is 8.91. The summed E-state index contributed by atoms with van der Waals surface area (Å²) in [6.45, 7) is 3.89.